The van der Waals surface area contributed by atoms with E-state index in [1.807, 2.05) is 6.20 Å². The van der Waals surface area contributed by atoms with Gasteiger partial charge in [-0.1, -0.05) is 38.1 Å². The van der Waals surface area contributed by atoms with Crippen LogP contribution in [-0.4, -0.2) is 9.97 Å². The molecule has 0 saturated heterocycles. The SMILES string of the molecule is CC(NC1c2ccccc2CC1(C)C)c1ncc[nH]1. The van der Waals surface area contributed by atoms with E-state index in [9.17, 15) is 0 Å². The van der Waals surface area contributed by atoms with Crippen LogP contribution in [-0.2, 0) is 6.42 Å². The minimum Gasteiger partial charge on any atom is -0.347 e. The van der Waals surface area contributed by atoms with E-state index in [-0.39, 0.29) is 11.5 Å². The van der Waals surface area contributed by atoms with E-state index in [2.05, 4.69) is 60.3 Å². The van der Waals surface area contributed by atoms with Gasteiger partial charge in [-0.2, -0.15) is 0 Å². The van der Waals surface area contributed by atoms with Crippen molar-refractivity contribution in [3.63, 3.8) is 0 Å². The summed E-state index contributed by atoms with van der Waals surface area (Å²) in [6.45, 7) is 6.83. The number of aromatic nitrogens is 2. The summed E-state index contributed by atoms with van der Waals surface area (Å²) in [7, 11) is 0. The van der Waals surface area contributed by atoms with Crippen molar-refractivity contribution < 1.29 is 0 Å². The van der Waals surface area contributed by atoms with Gasteiger partial charge in [0, 0.05) is 18.4 Å². The number of hydrogen-bond acceptors (Lipinski definition) is 2. The third-order valence-corrected chi connectivity index (χ3v) is 4.14. The topological polar surface area (TPSA) is 40.7 Å². The van der Waals surface area contributed by atoms with Crippen LogP contribution in [0.1, 0.15) is 49.8 Å². The molecule has 3 rings (SSSR count). The molecule has 19 heavy (non-hydrogen) atoms. The first-order valence-corrected chi connectivity index (χ1v) is 6.91. The fourth-order valence-corrected chi connectivity index (χ4v) is 3.15. The second-order valence-electron chi connectivity index (χ2n) is 6.16. The lowest BCUT2D eigenvalue weighted by Crippen LogP contribution is -2.33. The molecule has 1 aromatic carbocycles. The van der Waals surface area contributed by atoms with Gasteiger partial charge in [-0.3, -0.25) is 0 Å². The number of rotatable bonds is 3. The Bertz CT molecular complexity index is 557. The molecule has 0 saturated carbocycles. The fourth-order valence-electron chi connectivity index (χ4n) is 3.15. The molecule has 0 amide bonds. The van der Waals surface area contributed by atoms with Crippen molar-refractivity contribution >= 4 is 0 Å². The van der Waals surface area contributed by atoms with Gasteiger partial charge in [0.15, 0.2) is 0 Å². The van der Waals surface area contributed by atoms with Gasteiger partial charge in [0.1, 0.15) is 5.82 Å². The highest BCUT2D eigenvalue weighted by atomic mass is 15.0. The second kappa shape index (κ2) is 4.49. The number of nitrogens with one attached hydrogen (secondary N) is 2. The molecule has 0 bridgehead atoms. The third kappa shape index (κ3) is 2.19. The first-order valence-electron chi connectivity index (χ1n) is 6.91. The normalized spacial score (nSPS) is 22.2. The molecule has 2 N–H and O–H groups in total. The van der Waals surface area contributed by atoms with Crippen LogP contribution in [0.5, 0.6) is 0 Å². The van der Waals surface area contributed by atoms with Crippen LogP contribution in [0.15, 0.2) is 36.7 Å². The lowest BCUT2D eigenvalue weighted by Gasteiger charge is -2.31. The van der Waals surface area contributed by atoms with Gasteiger partial charge in [-0.05, 0) is 29.9 Å². The summed E-state index contributed by atoms with van der Waals surface area (Å²) in [4.78, 5) is 7.53. The molecule has 2 atom stereocenters. The molecule has 3 nitrogen and oxygen atoms in total. The van der Waals surface area contributed by atoms with Crippen molar-refractivity contribution in [2.75, 3.05) is 0 Å². The first kappa shape index (κ1) is 12.4. The summed E-state index contributed by atoms with van der Waals surface area (Å²) in [5.41, 5.74) is 3.15. The highest BCUT2D eigenvalue weighted by Gasteiger charge is 2.39. The highest BCUT2D eigenvalue weighted by molar-refractivity contribution is 5.37. The molecular weight excluding hydrogens is 234 g/mol. The van der Waals surface area contributed by atoms with Gasteiger partial charge in [0.25, 0.3) is 0 Å². The van der Waals surface area contributed by atoms with Crippen molar-refractivity contribution in [1.29, 1.82) is 0 Å². The zero-order valence-electron chi connectivity index (χ0n) is 11.8. The summed E-state index contributed by atoms with van der Waals surface area (Å²) < 4.78 is 0. The van der Waals surface area contributed by atoms with Crippen molar-refractivity contribution in [3.8, 4) is 0 Å². The number of H-pyrrole nitrogens is 1. The van der Waals surface area contributed by atoms with E-state index in [0.717, 1.165) is 12.2 Å². The first-order chi connectivity index (χ1) is 9.08. The molecule has 0 spiro atoms. The number of nitrogens with zero attached hydrogens (tertiary/aromatic N) is 1. The van der Waals surface area contributed by atoms with Crippen LogP contribution in [0, 0.1) is 5.41 Å². The standard InChI is InChI=1S/C16H21N3/c1-11(15-17-8-9-18-15)19-14-13-7-5-4-6-12(13)10-16(14,2)3/h4-9,11,14,19H,10H2,1-3H3,(H,17,18). The molecule has 0 aliphatic heterocycles. The highest BCUT2D eigenvalue weighted by Crippen LogP contribution is 2.45. The molecular formula is C16H21N3. The largest absolute Gasteiger partial charge is 0.347 e. The summed E-state index contributed by atoms with van der Waals surface area (Å²) in [6.07, 6.45) is 4.81. The maximum Gasteiger partial charge on any atom is 0.122 e. The predicted molar refractivity (Wildman–Crippen MR) is 76.8 cm³/mol. The van der Waals surface area contributed by atoms with Crippen molar-refractivity contribution in [2.45, 2.75) is 39.3 Å². The molecule has 3 heteroatoms. The van der Waals surface area contributed by atoms with Crippen LogP contribution in [0.2, 0.25) is 0 Å². The summed E-state index contributed by atoms with van der Waals surface area (Å²) >= 11 is 0. The Morgan fingerprint density at radius 1 is 1.37 bits per heavy atom. The predicted octanol–water partition coefficient (Wildman–Crippen LogP) is 3.38. The molecule has 0 radical (unpaired) electrons. The number of benzene rings is 1. The van der Waals surface area contributed by atoms with Gasteiger partial charge in [0.2, 0.25) is 0 Å². The fraction of sp³-hybridized carbons (Fsp3) is 0.438. The number of imidazole rings is 1. The molecule has 1 aliphatic rings. The second-order valence-corrected chi connectivity index (χ2v) is 6.16. The van der Waals surface area contributed by atoms with Crippen LogP contribution >= 0.6 is 0 Å². The summed E-state index contributed by atoms with van der Waals surface area (Å²) in [6, 6.07) is 9.36. The van der Waals surface area contributed by atoms with Gasteiger partial charge >= 0.3 is 0 Å². The molecule has 100 valence electrons. The number of aromatic amines is 1. The maximum atomic E-state index is 4.34. The van der Waals surface area contributed by atoms with Crippen LogP contribution < -0.4 is 5.32 Å². The average molecular weight is 255 g/mol. The Labute approximate surface area is 114 Å². The van der Waals surface area contributed by atoms with E-state index in [0.29, 0.717) is 6.04 Å². The molecule has 1 aromatic heterocycles. The molecule has 2 unspecified atom stereocenters. The average Bonchev–Trinajstić information content (AvgIpc) is 2.96. The Morgan fingerprint density at radius 3 is 2.89 bits per heavy atom. The number of hydrogen-bond donors (Lipinski definition) is 2. The Kier molecular flexibility index (Phi) is 2.94. The Hall–Kier alpha value is -1.61. The quantitative estimate of drug-likeness (QED) is 0.882. The molecule has 1 aliphatic carbocycles. The van der Waals surface area contributed by atoms with Crippen LogP contribution in [0.4, 0.5) is 0 Å². The zero-order valence-corrected chi connectivity index (χ0v) is 11.8. The maximum absolute atomic E-state index is 4.34. The molecule has 0 fully saturated rings. The van der Waals surface area contributed by atoms with Crippen LogP contribution in [0.25, 0.3) is 0 Å². The Morgan fingerprint density at radius 2 is 2.16 bits per heavy atom. The zero-order chi connectivity index (χ0) is 13.5. The molecule has 1 heterocycles. The van der Waals surface area contributed by atoms with Gasteiger partial charge in [-0.25, -0.2) is 4.98 Å². The minimum atomic E-state index is 0.227. The van der Waals surface area contributed by atoms with Crippen molar-refractivity contribution in [2.24, 2.45) is 5.41 Å². The van der Waals surface area contributed by atoms with E-state index < -0.39 is 0 Å². The minimum absolute atomic E-state index is 0.227. The number of fused-ring (bicyclic) bond motifs is 1. The van der Waals surface area contributed by atoms with Gasteiger partial charge < -0.3 is 10.3 Å². The Balaban J connectivity index is 1.87. The van der Waals surface area contributed by atoms with E-state index in [1.54, 1.807) is 6.20 Å². The van der Waals surface area contributed by atoms with E-state index in [1.165, 1.54) is 11.1 Å². The summed E-state index contributed by atoms with van der Waals surface area (Å²) in [5, 5.41) is 3.73. The smallest absolute Gasteiger partial charge is 0.122 e. The van der Waals surface area contributed by atoms with Gasteiger partial charge in [-0.15, -0.1) is 0 Å². The lowest BCUT2D eigenvalue weighted by atomic mass is 9.85. The van der Waals surface area contributed by atoms with E-state index in [4.69, 9.17) is 0 Å². The summed E-state index contributed by atoms with van der Waals surface area (Å²) in [5.74, 6) is 1.00. The third-order valence-electron chi connectivity index (χ3n) is 4.14. The van der Waals surface area contributed by atoms with Crippen molar-refractivity contribution in [1.82, 2.24) is 15.3 Å². The monoisotopic (exact) mass is 255 g/mol. The van der Waals surface area contributed by atoms with Gasteiger partial charge in [0.05, 0.1) is 6.04 Å². The van der Waals surface area contributed by atoms with Crippen LogP contribution in [0.3, 0.4) is 0 Å². The van der Waals surface area contributed by atoms with Crippen molar-refractivity contribution in [3.05, 3.63) is 53.6 Å². The molecule has 2 aromatic rings. The lowest BCUT2D eigenvalue weighted by molar-refractivity contribution is 0.250. The van der Waals surface area contributed by atoms with E-state index >= 15 is 0 Å².